The van der Waals surface area contributed by atoms with Crippen LogP contribution in [0.1, 0.15) is 24.8 Å². The minimum Gasteiger partial charge on any atom is -0.302 e. The highest BCUT2D eigenvalue weighted by atomic mass is 35.5. The van der Waals surface area contributed by atoms with Crippen LogP contribution in [-0.4, -0.2) is 24.4 Å². The van der Waals surface area contributed by atoms with Crippen LogP contribution in [0.4, 0.5) is 0 Å². The number of hydrogen-bond acceptors (Lipinski definition) is 1. The second-order valence-corrected chi connectivity index (χ2v) is 5.43. The lowest BCUT2D eigenvalue weighted by Crippen LogP contribution is -2.19. The number of hydrogen-bond donors (Lipinski definition) is 0. The van der Waals surface area contributed by atoms with Crippen molar-refractivity contribution in [2.24, 2.45) is 0 Å². The highest BCUT2D eigenvalue weighted by molar-refractivity contribution is 6.42. The van der Waals surface area contributed by atoms with Crippen LogP contribution in [-0.2, 0) is 6.54 Å². The van der Waals surface area contributed by atoms with E-state index in [1.54, 1.807) is 0 Å². The van der Waals surface area contributed by atoms with E-state index in [1.807, 2.05) is 18.2 Å². The Balaban J connectivity index is 2.34. The zero-order valence-corrected chi connectivity index (χ0v) is 12.3. The summed E-state index contributed by atoms with van der Waals surface area (Å²) in [5.41, 5.74) is 1.19. The van der Waals surface area contributed by atoms with E-state index in [4.69, 9.17) is 34.8 Å². The van der Waals surface area contributed by atoms with Gasteiger partial charge in [0.25, 0.3) is 0 Å². The summed E-state index contributed by atoms with van der Waals surface area (Å²) < 4.78 is 0. The predicted octanol–water partition coefficient (Wildman–Crippen LogP) is 4.83. The quantitative estimate of drug-likeness (QED) is 0.514. The molecule has 0 fully saturated rings. The molecule has 1 nitrogen and oxygen atoms in total. The van der Waals surface area contributed by atoms with E-state index >= 15 is 0 Å². The number of unbranched alkanes of at least 4 members (excludes halogenated alkanes) is 2. The number of benzene rings is 1. The third-order valence-corrected chi connectivity index (χ3v) is 3.62. The lowest BCUT2D eigenvalue weighted by Gasteiger charge is -2.16. The molecular weight excluding hydrogens is 277 g/mol. The molecule has 0 saturated heterocycles. The van der Waals surface area contributed by atoms with Gasteiger partial charge in [0.15, 0.2) is 0 Å². The fourth-order valence-corrected chi connectivity index (χ4v) is 2.19. The molecule has 0 heterocycles. The van der Waals surface area contributed by atoms with E-state index in [-0.39, 0.29) is 0 Å². The molecule has 0 bridgehead atoms. The third-order valence-electron chi connectivity index (χ3n) is 2.61. The molecule has 0 spiro atoms. The first-order valence-corrected chi connectivity index (χ1v) is 7.11. The first-order valence-electron chi connectivity index (χ1n) is 5.82. The predicted molar refractivity (Wildman–Crippen MR) is 77.4 cm³/mol. The first-order chi connectivity index (χ1) is 8.13. The van der Waals surface area contributed by atoms with Crippen LogP contribution in [0, 0.1) is 0 Å². The van der Waals surface area contributed by atoms with Gasteiger partial charge in [0.2, 0.25) is 0 Å². The Kier molecular flexibility index (Phi) is 7.29. The fraction of sp³-hybridized carbons (Fsp3) is 0.538. The summed E-state index contributed by atoms with van der Waals surface area (Å²) in [5, 5.41) is 1.24. The molecule has 0 unspecified atom stereocenters. The van der Waals surface area contributed by atoms with Crippen LogP contribution < -0.4 is 0 Å². The van der Waals surface area contributed by atoms with E-state index in [1.165, 1.54) is 18.4 Å². The van der Waals surface area contributed by atoms with Crippen molar-refractivity contribution in [3.63, 3.8) is 0 Å². The number of nitrogens with zero attached hydrogens (tertiary/aromatic N) is 1. The summed E-state index contributed by atoms with van der Waals surface area (Å²) in [5.74, 6) is 0.760. The van der Waals surface area contributed by atoms with E-state index in [0.717, 1.165) is 25.4 Å². The van der Waals surface area contributed by atoms with Crippen LogP contribution >= 0.6 is 34.8 Å². The summed E-state index contributed by atoms with van der Waals surface area (Å²) in [6.45, 7) is 1.98. The standard InChI is InChI=1S/C13H18Cl3N/c1-17(8-4-2-3-7-14)10-11-5-6-12(15)13(16)9-11/h5-6,9H,2-4,7-8,10H2,1H3. The number of alkyl halides is 1. The van der Waals surface area contributed by atoms with Crippen molar-refractivity contribution in [1.82, 2.24) is 4.90 Å². The maximum atomic E-state index is 5.98. The Hall–Kier alpha value is 0.0500. The van der Waals surface area contributed by atoms with E-state index in [9.17, 15) is 0 Å². The molecule has 0 saturated carbocycles. The normalized spacial score (nSPS) is 11.1. The fourth-order valence-electron chi connectivity index (χ4n) is 1.68. The lowest BCUT2D eigenvalue weighted by molar-refractivity contribution is 0.318. The molecule has 1 rings (SSSR count). The molecule has 0 aromatic heterocycles. The van der Waals surface area contributed by atoms with Crippen molar-refractivity contribution in [3.05, 3.63) is 33.8 Å². The number of halogens is 3. The van der Waals surface area contributed by atoms with Gasteiger partial charge in [-0.3, -0.25) is 0 Å². The van der Waals surface area contributed by atoms with Gasteiger partial charge in [0, 0.05) is 12.4 Å². The van der Waals surface area contributed by atoms with Gasteiger partial charge in [0.05, 0.1) is 10.0 Å². The van der Waals surface area contributed by atoms with Crippen LogP contribution in [0.5, 0.6) is 0 Å². The van der Waals surface area contributed by atoms with Crippen LogP contribution in [0.2, 0.25) is 10.0 Å². The maximum absolute atomic E-state index is 5.98. The maximum Gasteiger partial charge on any atom is 0.0595 e. The van der Waals surface area contributed by atoms with Gasteiger partial charge >= 0.3 is 0 Å². The Morgan fingerprint density at radius 2 is 1.82 bits per heavy atom. The average molecular weight is 295 g/mol. The van der Waals surface area contributed by atoms with Gasteiger partial charge < -0.3 is 4.90 Å². The van der Waals surface area contributed by atoms with E-state index < -0.39 is 0 Å². The van der Waals surface area contributed by atoms with Crippen molar-refractivity contribution >= 4 is 34.8 Å². The van der Waals surface area contributed by atoms with Gasteiger partial charge in [-0.25, -0.2) is 0 Å². The second-order valence-electron chi connectivity index (χ2n) is 4.24. The zero-order valence-electron chi connectivity index (χ0n) is 10.1. The molecule has 0 aliphatic carbocycles. The second kappa shape index (κ2) is 8.20. The van der Waals surface area contributed by atoms with Gasteiger partial charge in [-0.15, -0.1) is 11.6 Å². The largest absolute Gasteiger partial charge is 0.302 e. The highest BCUT2D eigenvalue weighted by Gasteiger charge is 2.03. The molecule has 1 aromatic carbocycles. The molecule has 0 amide bonds. The van der Waals surface area contributed by atoms with Crippen LogP contribution in [0.25, 0.3) is 0 Å². The van der Waals surface area contributed by atoms with Crippen molar-refractivity contribution in [2.45, 2.75) is 25.8 Å². The van der Waals surface area contributed by atoms with Crippen molar-refractivity contribution in [1.29, 1.82) is 0 Å². The van der Waals surface area contributed by atoms with Gasteiger partial charge in [-0.05, 0) is 44.1 Å². The summed E-state index contributed by atoms with van der Waals surface area (Å²) in [7, 11) is 2.11. The van der Waals surface area contributed by atoms with Gasteiger partial charge in [0.1, 0.15) is 0 Å². The molecule has 96 valence electrons. The van der Waals surface area contributed by atoms with Gasteiger partial charge in [-0.2, -0.15) is 0 Å². The molecule has 4 heteroatoms. The molecule has 0 aliphatic rings. The Labute approximate surface area is 119 Å². The monoisotopic (exact) mass is 293 g/mol. The Bertz CT molecular complexity index is 341. The lowest BCUT2D eigenvalue weighted by atomic mass is 10.2. The van der Waals surface area contributed by atoms with E-state index in [2.05, 4.69) is 11.9 Å². The summed E-state index contributed by atoms with van der Waals surface area (Å²) in [4.78, 5) is 2.29. The SMILES string of the molecule is CN(CCCCCCl)Cc1ccc(Cl)c(Cl)c1. The van der Waals surface area contributed by atoms with E-state index in [0.29, 0.717) is 10.0 Å². The average Bonchev–Trinajstić information content (AvgIpc) is 2.30. The number of rotatable bonds is 7. The third kappa shape index (κ3) is 5.96. The zero-order chi connectivity index (χ0) is 12.7. The molecule has 0 atom stereocenters. The molecule has 0 N–H and O–H groups in total. The summed E-state index contributed by atoms with van der Waals surface area (Å²) in [6.07, 6.45) is 3.47. The Morgan fingerprint density at radius 3 is 2.47 bits per heavy atom. The smallest absolute Gasteiger partial charge is 0.0595 e. The molecular formula is C13H18Cl3N. The highest BCUT2D eigenvalue weighted by Crippen LogP contribution is 2.23. The molecule has 1 aromatic rings. The van der Waals surface area contributed by atoms with Crippen molar-refractivity contribution in [3.8, 4) is 0 Å². The first kappa shape index (κ1) is 15.1. The minimum absolute atomic E-state index is 0.611. The summed E-state index contributed by atoms with van der Waals surface area (Å²) >= 11 is 17.5. The van der Waals surface area contributed by atoms with Gasteiger partial charge in [-0.1, -0.05) is 35.7 Å². The molecule has 0 radical (unpaired) electrons. The summed E-state index contributed by atoms with van der Waals surface area (Å²) in [6, 6.07) is 5.79. The Morgan fingerprint density at radius 1 is 1.06 bits per heavy atom. The molecule has 0 aliphatic heterocycles. The minimum atomic E-state index is 0.611. The van der Waals surface area contributed by atoms with Crippen LogP contribution in [0.15, 0.2) is 18.2 Å². The van der Waals surface area contributed by atoms with Crippen molar-refractivity contribution in [2.75, 3.05) is 19.5 Å². The topological polar surface area (TPSA) is 3.24 Å². The molecule has 17 heavy (non-hydrogen) atoms. The van der Waals surface area contributed by atoms with Crippen LogP contribution in [0.3, 0.4) is 0 Å². The van der Waals surface area contributed by atoms with Crippen molar-refractivity contribution < 1.29 is 0 Å².